The normalized spacial score (nSPS) is 9.00. The van der Waals surface area contributed by atoms with Crippen LogP contribution in [-0.2, 0) is 9.53 Å². The molecule has 0 heterocycles. The van der Waals surface area contributed by atoms with Gasteiger partial charge in [0.05, 0.1) is 6.61 Å². The van der Waals surface area contributed by atoms with Crippen LogP contribution in [0, 0.1) is 0 Å². The molecule has 0 saturated heterocycles. The highest BCUT2D eigenvalue weighted by Gasteiger charge is 1.86. The van der Waals surface area contributed by atoms with Crippen LogP contribution in [0.4, 0.5) is 0 Å². The molecule has 53 valence electrons. The van der Waals surface area contributed by atoms with E-state index in [-0.39, 0.29) is 6.61 Å². The Morgan fingerprint density at radius 1 is 1.33 bits per heavy atom. The van der Waals surface area contributed by atoms with Crippen LogP contribution in [0.2, 0.25) is 0 Å². The number of ether oxygens (including phenoxy) is 1. The Labute approximate surface area is 54.6 Å². The molecule has 0 rings (SSSR count). The van der Waals surface area contributed by atoms with Crippen LogP contribution in [0.1, 0.15) is 19.3 Å². The summed E-state index contributed by atoms with van der Waals surface area (Å²) in [7, 11) is 0. The van der Waals surface area contributed by atoms with Crippen molar-refractivity contribution < 1.29 is 14.6 Å². The molecule has 1 N–H and O–H groups in total. The van der Waals surface area contributed by atoms with E-state index in [2.05, 4.69) is 4.74 Å². The van der Waals surface area contributed by atoms with Gasteiger partial charge in [0.1, 0.15) is 0 Å². The van der Waals surface area contributed by atoms with E-state index in [1.54, 1.807) is 0 Å². The van der Waals surface area contributed by atoms with Crippen molar-refractivity contribution in [3.63, 3.8) is 0 Å². The molecule has 0 bridgehead atoms. The number of rotatable bonds is 6. The second-order valence-corrected chi connectivity index (χ2v) is 1.72. The maximum absolute atomic E-state index is 9.44. The van der Waals surface area contributed by atoms with Crippen LogP contribution in [0.15, 0.2) is 0 Å². The summed E-state index contributed by atoms with van der Waals surface area (Å²) in [6.07, 6.45) is 2.50. The number of unbranched alkanes of at least 4 members (excludes halogenated alkanes) is 2. The largest absolute Gasteiger partial charge is 0.457 e. The van der Waals surface area contributed by atoms with Crippen LogP contribution in [0.3, 0.4) is 0 Å². The summed E-state index contributed by atoms with van der Waals surface area (Å²) in [4.78, 5) is 9.44. The van der Waals surface area contributed by atoms with Gasteiger partial charge in [-0.2, -0.15) is 0 Å². The minimum absolute atomic E-state index is 0.213. The monoisotopic (exact) mass is 131 g/mol. The van der Waals surface area contributed by atoms with Crippen LogP contribution < -0.4 is 0 Å². The Morgan fingerprint density at radius 3 is 2.67 bits per heavy atom. The molecule has 0 aromatic rings. The Bertz CT molecular complexity index is 63.3. The topological polar surface area (TPSA) is 46.5 Å². The summed E-state index contributed by atoms with van der Waals surface area (Å²) in [5, 5.41) is 8.30. The molecular formula is C6H11O3. The third-order valence-corrected chi connectivity index (χ3v) is 0.963. The van der Waals surface area contributed by atoms with E-state index in [9.17, 15) is 4.79 Å². The highest BCUT2D eigenvalue weighted by Crippen LogP contribution is 1.92. The SMILES string of the molecule is O=[C]OCCCCCO. The lowest BCUT2D eigenvalue weighted by molar-refractivity contribution is 0.251. The summed E-state index contributed by atoms with van der Waals surface area (Å²) in [5.74, 6) is 0. The standard InChI is InChI=1S/C6H11O3/c7-4-2-1-3-5-9-6-8/h7H,1-5H2. The molecule has 0 atom stereocenters. The molecular weight excluding hydrogens is 120 g/mol. The van der Waals surface area contributed by atoms with Crippen molar-refractivity contribution in [3.8, 4) is 0 Å². The maximum Gasteiger partial charge on any atom is 0.417 e. The lowest BCUT2D eigenvalue weighted by atomic mass is 10.2. The van der Waals surface area contributed by atoms with Gasteiger partial charge in [0.25, 0.3) is 0 Å². The van der Waals surface area contributed by atoms with E-state index in [1.165, 1.54) is 6.47 Å². The van der Waals surface area contributed by atoms with Gasteiger partial charge >= 0.3 is 6.47 Å². The second-order valence-electron chi connectivity index (χ2n) is 1.72. The average Bonchev–Trinajstić information content (AvgIpc) is 1.89. The fraction of sp³-hybridized carbons (Fsp3) is 0.833. The van der Waals surface area contributed by atoms with Crippen LogP contribution >= 0.6 is 0 Å². The van der Waals surface area contributed by atoms with Crippen LogP contribution in [0.5, 0.6) is 0 Å². The van der Waals surface area contributed by atoms with Gasteiger partial charge in [-0.05, 0) is 19.3 Å². The third-order valence-electron chi connectivity index (χ3n) is 0.963. The molecule has 0 aliphatic heterocycles. The molecule has 0 unspecified atom stereocenters. The summed E-state index contributed by atoms with van der Waals surface area (Å²) in [5.41, 5.74) is 0. The van der Waals surface area contributed by atoms with Crippen molar-refractivity contribution in [2.45, 2.75) is 19.3 Å². The Kier molecular flexibility index (Phi) is 6.96. The van der Waals surface area contributed by atoms with Gasteiger partial charge in [0, 0.05) is 6.61 Å². The quantitative estimate of drug-likeness (QED) is 0.525. The minimum atomic E-state index is 0.213. The highest BCUT2D eigenvalue weighted by molar-refractivity contribution is 5.37. The predicted molar refractivity (Wildman–Crippen MR) is 32.6 cm³/mol. The first-order chi connectivity index (χ1) is 4.41. The zero-order chi connectivity index (χ0) is 6.95. The molecule has 0 aliphatic carbocycles. The van der Waals surface area contributed by atoms with E-state index in [0.29, 0.717) is 6.61 Å². The zero-order valence-electron chi connectivity index (χ0n) is 5.30. The molecule has 0 aliphatic rings. The zero-order valence-corrected chi connectivity index (χ0v) is 5.30. The number of aliphatic hydroxyl groups is 1. The first-order valence-electron chi connectivity index (χ1n) is 3.01. The van der Waals surface area contributed by atoms with Gasteiger partial charge in [-0.15, -0.1) is 0 Å². The molecule has 0 aromatic carbocycles. The van der Waals surface area contributed by atoms with Crippen molar-refractivity contribution in [3.05, 3.63) is 0 Å². The van der Waals surface area contributed by atoms with Crippen LogP contribution in [0.25, 0.3) is 0 Å². The van der Waals surface area contributed by atoms with Crippen molar-refractivity contribution in [1.82, 2.24) is 0 Å². The molecule has 3 nitrogen and oxygen atoms in total. The molecule has 0 fully saturated rings. The first-order valence-corrected chi connectivity index (χ1v) is 3.01. The van der Waals surface area contributed by atoms with Gasteiger partial charge in [0.2, 0.25) is 0 Å². The van der Waals surface area contributed by atoms with E-state index in [1.807, 2.05) is 0 Å². The Morgan fingerprint density at radius 2 is 2.11 bits per heavy atom. The van der Waals surface area contributed by atoms with Gasteiger partial charge in [0.15, 0.2) is 0 Å². The minimum Gasteiger partial charge on any atom is -0.457 e. The van der Waals surface area contributed by atoms with E-state index in [4.69, 9.17) is 5.11 Å². The lowest BCUT2D eigenvalue weighted by Gasteiger charge is -1.94. The summed E-state index contributed by atoms with van der Waals surface area (Å²) in [6.45, 7) is 1.97. The fourth-order valence-electron chi connectivity index (χ4n) is 0.504. The smallest absolute Gasteiger partial charge is 0.417 e. The van der Waals surface area contributed by atoms with Gasteiger partial charge in [-0.1, -0.05) is 0 Å². The number of carbonyl (C=O) groups excluding carboxylic acids is 1. The van der Waals surface area contributed by atoms with Gasteiger partial charge in [-0.25, -0.2) is 4.79 Å². The molecule has 0 spiro atoms. The van der Waals surface area contributed by atoms with Gasteiger partial charge < -0.3 is 9.84 Å². The van der Waals surface area contributed by atoms with Crippen LogP contribution in [-0.4, -0.2) is 24.8 Å². The average molecular weight is 131 g/mol. The fourth-order valence-corrected chi connectivity index (χ4v) is 0.504. The molecule has 0 amide bonds. The van der Waals surface area contributed by atoms with E-state index < -0.39 is 0 Å². The van der Waals surface area contributed by atoms with E-state index in [0.717, 1.165) is 19.3 Å². The summed E-state index contributed by atoms with van der Waals surface area (Å²) < 4.78 is 4.29. The molecule has 1 radical (unpaired) electrons. The van der Waals surface area contributed by atoms with Crippen molar-refractivity contribution >= 4 is 6.47 Å². The molecule has 3 heteroatoms. The Hall–Kier alpha value is -0.570. The molecule has 9 heavy (non-hydrogen) atoms. The van der Waals surface area contributed by atoms with Crippen molar-refractivity contribution in [2.24, 2.45) is 0 Å². The van der Waals surface area contributed by atoms with Crippen molar-refractivity contribution in [2.75, 3.05) is 13.2 Å². The lowest BCUT2D eigenvalue weighted by Crippen LogP contribution is -1.92. The first kappa shape index (κ1) is 8.43. The van der Waals surface area contributed by atoms with Gasteiger partial charge in [-0.3, -0.25) is 0 Å². The number of aliphatic hydroxyl groups excluding tert-OH is 1. The second kappa shape index (κ2) is 7.43. The summed E-state index contributed by atoms with van der Waals surface area (Å²) >= 11 is 0. The molecule has 0 saturated carbocycles. The predicted octanol–water partition coefficient (Wildman–Crippen LogP) is 0.233. The Balaban J connectivity index is 2.66. The number of hydrogen-bond acceptors (Lipinski definition) is 3. The van der Waals surface area contributed by atoms with E-state index >= 15 is 0 Å². The maximum atomic E-state index is 9.44. The summed E-state index contributed by atoms with van der Waals surface area (Å²) in [6, 6.07) is 0. The third kappa shape index (κ3) is 7.43. The number of hydrogen-bond donors (Lipinski definition) is 1. The highest BCUT2D eigenvalue weighted by atomic mass is 16.5. The van der Waals surface area contributed by atoms with Crippen molar-refractivity contribution in [1.29, 1.82) is 0 Å². The molecule has 0 aromatic heterocycles.